The van der Waals surface area contributed by atoms with Gasteiger partial charge in [0.15, 0.2) is 0 Å². The number of H-pyrrole nitrogens is 1. The van der Waals surface area contributed by atoms with Crippen LogP contribution in [0.4, 0.5) is 5.69 Å². The van der Waals surface area contributed by atoms with Crippen LogP contribution >= 0.6 is 0 Å². The number of sulfonamides is 1. The molecule has 2 aromatic carbocycles. The Morgan fingerprint density at radius 3 is 2.43 bits per heavy atom. The lowest BCUT2D eigenvalue weighted by Gasteiger charge is -2.17. The summed E-state index contributed by atoms with van der Waals surface area (Å²) < 4.78 is 26.5. The highest BCUT2D eigenvalue weighted by atomic mass is 32.2. The van der Waals surface area contributed by atoms with Gasteiger partial charge in [-0.05, 0) is 42.8 Å². The topological polar surface area (TPSA) is 112 Å². The molecule has 0 aliphatic heterocycles. The minimum absolute atomic E-state index is 0.0704. The zero-order valence-corrected chi connectivity index (χ0v) is 17.4. The number of aryl methyl sites for hydroxylation is 1. The smallest absolute Gasteiger partial charge is 0.267 e. The van der Waals surface area contributed by atoms with E-state index in [2.05, 4.69) is 15.5 Å². The van der Waals surface area contributed by atoms with Crippen molar-refractivity contribution in [3.63, 3.8) is 0 Å². The van der Waals surface area contributed by atoms with Crippen molar-refractivity contribution in [2.75, 3.05) is 18.9 Å². The van der Waals surface area contributed by atoms with Gasteiger partial charge in [-0.15, -0.1) is 0 Å². The highest BCUT2D eigenvalue weighted by molar-refractivity contribution is 7.89. The fourth-order valence-electron chi connectivity index (χ4n) is 2.88. The Balaban J connectivity index is 1.68. The summed E-state index contributed by atoms with van der Waals surface area (Å²) in [5.74, 6) is -0.434. The predicted octanol–water partition coefficient (Wildman–Crippen LogP) is 1.93. The van der Waals surface area contributed by atoms with Crippen LogP contribution in [0.5, 0.6) is 0 Å². The molecule has 0 aliphatic rings. The van der Waals surface area contributed by atoms with E-state index in [1.54, 1.807) is 49.4 Å². The number of hydrogen-bond donors (Lipinski definition) is 2. The van der Waals surface area contributed by atoms with E-state index in [4.69, 9.17) is 0 Å². The number of aromatic nitrogens is 2. The molecular weight excluding hydrogens is 404 g/mol. The summed E-state index contributed by atoms with van der Waals surface area (Å²) in [7, 11) is -2.48. The van der Waals surface area contributed by atoms with Crippen LogP contribution in [0.15, 0.2) is 70.4 Å². The summed E-state index contributed by atoms with van der Waals surface area (Å²) in [6.45, 7) is 1.46. The second-order valence-corrected chi connectivity index (χ2v) is 8.90. The number of rotatable bonds is 7. The Morgan fingerprint density at radius 1 is 1.10 bits per heavy atom. The minimum Gasteiger partial charge on any atom is -0.325 e. The molecule has 2 N–H and O–H groups in total. The van der Waals surface area contributed by atoms with Gasteiger partial charge in [0.05, 0.1) is 17.1 Å². The van der Waals surface area contributed by atoms with Gasteiger partial charge in [-0.3, -0.25) is 9.59 Å². The standard InChI is InChI=1S/C21H22N4O4S/c1-15-12-17(21(27)24-23-15)13-16-8-10-19(11-9-16)30(28,29)25(2)14-20(26)22-18-6-4-3-5-7-18/h3-12H,13-14H2,1-2H3,(H,22,26)(H,24,27). The SMILES string of the molecule is Cc1cc(Cc2ccc(S(=O)(=O)N(C)CC(=O)Nc3ccccc3)cc2)c(=O)[nH]n1. The molecule has 9 heteroatoms. The first-order valence-electron chi connectivity index (χ1n) is 9.21. The minimum atomic E-state index is -3.84. The summed E-state index contributed by atoms with van der Waals surface area (Å²) in [5.41, 5.74) is 2.35. The third-order valence-electron chi connectivity index (χ3n) is 4.46. The molecule has 0 fully saturated rings. The third-order valence-corrected chi connectivity index (χ3v) is 6.28. The number of hydrogen-bond acceptors (Lipinski definition) is 5. The average Bonchev–Trinajstić information content (AvgIpc) is 2.72. The molecule has 0 spiro atoms. The number of nitrogens with one attached hydrogen (secondary N) is 2. The van der Waals surface area contributed by atoms with Crippen LogP contribution in [-0.2, 0) is 21.2 Å². The zero-order valence-electron chi connectivity index (χ0n) is 16.6. The van der Waals surface area contributed by atoms with Crippen molar-refractivity contribution in [2.24, 2.45) is 0 Å². The van der Waals surface area contributed by atoms with E-state index in [9.17, 15) is 18.0 Å². The van der Waals surface area contributed by atoms with Crippen molar-refractivity contribution >= 4 is 21.6 Å². The first-order valence-corrected chi connectivity index (χ1v) is 10.6. The fourth-order valence-corrected chi connectivity index (χ4v) is 4.01. The first-order chi connectivity index (χ1) is 14.3. The van der Waals surface area contributed by atoms with Crippen LogP contribution < -0.4 is 10.9 Å². The molecule has 1 heterocycles. The van der Waals surface area contributed by atoms with E-state index >= 15 is 0 Å². The average molecular weight is 426 g/mol. The van der Waals surface area contributed by atoms with Gasteiger partial charge in [0.25, 0.3) is 5.56 Å². The maximum Gasteiger partial charge on any atom is 0.267 e. The van der Waals surface area contributed by atoms with E-state index in [0.29, 0.717) is 23.4 Å². The van der Waals surface area contributed by atoms with Gasteiger partial charge < -0.3 is 5.32 Å². The fraction of sp³-hybridized carbons (Fsp3) is 0.190. The number of aromatic amines is 1. The molecule has 0 radical (unpaired) electrons. The van der Waals surface area contributed by atoms with E-state index in [1.807, 2.05) is 6.07 Å². The molecule has 3 aromatic rings. The normalized spacial score (nSPS) is 11.4. The molecule has 0 aliphatic carbocycles. The van der Waals surface area contributed by atoms with E-state index in [-0.39, 0.29) is 17.0 Å². The number of likely N-dealkylation sites (N-methyl/N-ethyl adjacent to an activating group) is 1. The van der Waals surface area contributed by atoms with Gasteiger partial charge in [-0.2, -0.15) is 9.40 Å². The van der Waals surface area contributed by atoms with Crippen molar-refractivity contribution in [3.05, 3.63) is 87.8 Å². The van der Waals surface area contributed by atoms with Crippen molar-refractivity contribution < 1.29 is 13.2 Å². The molecule has 0 saturated heterocycles. The van der Waals surface area contributed by atoms with Crippen LogP contribution in [0.25, 0.3) is 0 Å². The van der Waals surface area contributed by atoms with Crippen LogP contribution in [0.3, 0.4) is 0 Å². The molecule has 0 bridgehead atoms. The molecule has 156 valence electrons. The highest BCUT2D eigenvalue weighted by Crippen LogP contribution is 2.17. The number of nitrogens with zero attached hydrogens (tertiary/aromatic N) is 2. The Labute approximate surface area is 174 Å². The Bertz CT molecular complexity index is 1190. The zero-order chi connectivity index (χ0) is 21.7. The van der Waals surface area contributed by atoms with Crippen LogP contribution in [-0.4, -0.2) is 42.4 Å². The van der Waals surface area contributed by atoms with Gasteiger partial charge in [-0.25, -0.2) is 13.5 Å². The monoisotopic (exact) mass is 426 g/mol. The van der Waals surface area contributed by atoms with Gasteiger partial charge >= 0.3 is 0 Å². The Hall–Kier alpha value is -3.30. The van der Waals surface area contributed by atoms with Crippen LogP contribution in [0.2, 0.25) is 0 Å². The highest BCUT2D eigenvalue weighted by Gasteiger charge is 2.23. The molecular formula is C21H22N4O4S. The largest absolute Gasteiger partial charge is 0.325 e. The number of amides is 1. The lowest BCUT2D eigenvalue weighted by Crippen LogP contribution is -2.34. The lowest BCUT2D eigenvalue weighted by molar-refractivity contribution is -0.116. The summed E-state index contributed by atoms with van der Waals surface area (Å²) in [6, 6.07) is 16.8. The Morgan fingerprint density at radius 2 is 1.77 bits per heavy atom. The van der Waals surface area contributed by atoms with Crippen molar-refractivity contribution in [1.29, 1.82) is 0 Å². The molecule has 0 unspecified atom stereocenters. The first kappa shape index (κ1) is 21.4. The number of carbonyl (C=O) groups is 1. The molecule has 0 saturated carbocycles. The quantitative estimate of drug-likeness (QED) is 0.600. The maximum absolute atomic E-state index is 12.8. The van der Waals surface area contributed by atoms with Crippen LogP contribution in [0.1, 0.15) is 16.8 Å². The van der Waals surface area contributed by atoms with Gasteiger partial charge in [0.1, 0.15) is 0 Å². The summed E-state index contributed by atoms with van der Waals surface area (Å²) in [6.07, 6.45) is 0.355. The van der Waals surface area contributed by atoms with Crippen molar-refractivity contribution in [3.8, 4) is 0 Å². The van der Waals surface area contributed by atoms with Crippen LogP contribution in [0, 0.1) is 6.92 Å². The summed E-state index contributed by atoms with van der Waals surface area (Å²) in [5, 5.41) is 8.93. The van der Waals surface area contributed by atoms with Gasteiger partial charge in [0, 0.05) is 24.7 Å². The molecule has 3 rings (SSSR count). The number of carbonyl (C=O) groups excluding carboxylic acids is 1. The number of anilines is 1. The van der Waals surface area contributed by atoms with Crippen molar-refractivity contribution in [1.82, 2.24) is 14.5 Å². The van der Waals surface area contributed by atoms with Gasteiger partial charge in [0.2, 0.25) is 15.9 Å². The Kier molecular flexibility index (Phi) is 6.43. The number of para-hydroxylation sites is 1. The molecule has 1 amide bonds. The molecule has 8 nitrogen and oxygen atoms in total. The second-order valence-electron chi connectivity index (χ2n) is 6.86. The summed E-state index contributed by atoms with van der Waals surface area (Å²) in [4.78, 5) is 24.1. The molecule has 0 atom stereocenters. The lowest BCUT2D eigenvalue weighted by atomic mass is 10.1. The van der Waals surface area contributed by atoms with Crippen molar-refractivity contribution in [2.45, 2.75) is 18.2 Å². The molecule has 30 heavy (non-hydrogen) atoms. The predicted molar refractivity (Wildman–Crippen MR) is 114 cm³/mol. The number of benzene rings is 2. The van der Waals surface area contributed by atoms with E-state index in [1.165, 1.54) is 19.2 Å². The molecule has 1 aromatic heterocycles. The maximum atomic E-state index is 12.8. The third kappa shape index (κ3) is 5.19. The second kappa shape index (κ2) is 9.02. The van der Waals surface area contributed by atoms with E-state index in [0.717, 1.165) is 9.87 Å². The van der Waals surface area contributed by atoms with Gasteiger partial charge in [-0.1, -0.05) is 30.3 Å². The summed E-state index contributed by atoms with van der Waals surface area (Å²) >= 11 is 0. The van der Waals surface area contributed by atoms with E-state index < -0.39 is 15.9 Å².